The molecule has 0 spiro atoms. The van der Waals surface area contributed by atoms with Crippen molar-refractivity contribution >= 4 is 11.7 Å². The van der Waals surface area contributed by atoms with E-state index >= 15 is 0 Å². The van der Waals surface area contributed by atoms with Crippen LogP contribution in [0.5, 0.6) is 0 Å². The Labute approximate surface area is 115 Å². The molecule has 2 aromatic carbocycles. The van der Waals surface area contributed by atoms with E-state index in [0.717, 1.165) is 6.07 Å². The molecular formula is C15H11FN2O2. The lowest BCUT2D eigenvalue weighted by atomic mass is 10.1. The molecule has 2 aromatic rings. The van der Waals surface area contributed by atoms with Gasteiger partial charge >= 0.3 is 5.97 Å². The predicted molar refractivity (Wildman–Crippen MR) is 71.1 cm³/mol. The summed E-state index contributed by atoms with van der Waals surface area (Å²) in [5.41, 5.74) is 6.49. The minimum Gasteiger partial charge on any atom is -0.457 e. The fourth-order valence-electron chi connectivity index (χ4n) is 1.65. The van der Waals surface area contributed by atoms with E-state index in [2.05, 4.69) is 0 Å². The number of carbonyl (C=O) groups is 1. The van der Waals surface area contributed by atoms with Crippen molar-refractivity contribution < 1.29 is 13.9 Å². The van der Waals surface area contributed by atoms with Crippen LogP contribution in [0.3, 0.4) is 0 Å². The van der Waals surface area contributed by atoms with Gasteiger partial charge in [-0.2, -0.15) is 5.26 Å². The third kappa shape index (κ3) is 2.93. The third-order valence-corrected chi connectivity index (χ3v) is 2.73. The molecule has 20 heavy (non-hydrogen) atoms. The molecular weight excluding hydrogens is 259 g/mol. The first kappa shape index (κ1) is 13.6. The van der Waals surface area contributed by atoms with Crippen LogP contribution < -0.4 is 5.73 Å². The van der Waals surface area contributed by atoms with Gasteiger partial charge < -0.3 is 10.5 Å². The van der Waals surface area contributed by atoms with Crippen molar-refractivity contribution in [1.82, 2.24) is 0 Å². The van der Waals surface area contributed by atoms with Gasteiger partial charge in [0.2, 0.25) is 0 Å². The van der Waals surface area contributed by atoms with E-state index in [9.17, 15) is 9.18 Å². The van der Waals surface area contributed by atoms with Crippen molar-refractivity contribution in [3.63, 3.8) is 0 Å². The van der Waals surface area contributed by atoms with Crippen LogP contribution in [0.25, 0.3) is 0 Å². The van der Waals surface area contributed by atoms with Crippen molar-refractivity contribution in [3.8, 4) is 6.07 Å². The first-order chi connectivity index (χ1) is 9.61. The number of rotatable bonds is 3. The zero-order valence-electron chi connectivity index (χ0n) is 10.5. The molecule has 0 amide bonds. The molecule has 0 bridgehead atoms. The summed E-state index contributed by atoms with van der Waals surface area (Å²) in [5, 5.41) is 8.92. The molecule has 5 heteroatoms. The average Bonchev–Trinajstić information content (AvgIpc) is 2.47. The van der Waals surface area contributed by atoms with Crippen molar-refractivity contribution in [2.24, 2.45) is 0 Å². The minimum atomic E-state index is -0.621. The second kappa shape index (κ2) is 5.85. The first-order valence-electron chi connectivity index (χ1n) is 5.82. The summed E-state index contributed by atoms with van der Waals surface area (Å²) in [4.78, 5) is 11.8. The second-order valence-electron chi connectivity index (χ2n) is 4.08. The van der Waals surface area contributed by atoms with Crippen LogP contribution in [0.1, 0.15) is 21.5 Å². The normalized spacial score (nSPS) is 9.80. The number of halogens is 1. The van der Waals surface area contributed by atoms with Gasteiger partial charge in [0.15, 0.2) is 0 Å². The Kier molecular flexibility index (Phi) is 3.96. The number of hydrogen-bond acceptors (Lipinski definition) is 4. The van der Waals surface area contributed by atoms with E-state index in [1.165, 1.54) is 12.1 Å². The SMILES string of the molecule is N#Cc1ccccc1COC(=O)c1ccc(F)c(N)c1. The van der Waals surface area contributed by atoms with Gasteiger partial charge in [-0.15, -0.1) is 0 Å². The third-order valence-electron chi connectivity index (χ3n) is 2.73. The van der Waals surface area contributed by atoms with Gasteiger partial charge in [0.1, 0.15) is 12.4 Å². The number of nitrogens with two attached hydrogens (primary N) is 1. The van der Waals surface area contributed by atoms with Gasteiger partial charge in [0.05, 0.1) is 22.9 Å². The highest BCUT2D eigenvalue weighted by Crippen LogP contribution is 2.15. The van der Waals surface area contributed by atoms with Crippen LogP contribution in [0.2, 0.25) is 0 Å². The molecule has 0 atom stereocenters. The molecule has 0 saturated heterocycles. The molecule has 0 aliphatic rings. The fraction of sp³-hybridized carbons (Fsp3) is 0.0667. The molecule has 0 fully saturated rings. The fourth-order valence-corrected chi connectivity index (χ4v) is 1.65. The maximum absolute atomic E-state index is 13.0. The van der Waals surface area contributed by atoms with Gasteiger partial charge in [-0.25, -0.2) is 9.18 Å². The number of nitrogen functional groups attached to an aromatic ring is 1. The Morgan fingerprint density at radius 3 is 2.75 bits per heavy atom. The van der Waals surface area contributed by atoms with Crippen LogP contribution in [0, 0.1) is 17.1 Å². The van der Waals surface area contributed by atoms with Crippen molar-refractivity contribution in [1.29, 1.82) is 5.26 Å². The van der Waals surface area contributed by atoms with E-state index in [-0.39, 0.29) is 17.9 Å². The van der Waals surface area contributed by atoms with E-state index in [1.54, 1.807) is 24.3 Å². The van der Waals surface area contributed by atoms with E-state index in [0.29, 0.717) is 11.1 Å². The molecule has 2 N–H and O–H groups in total. The molecule has 4 nitrogen and oxygen atoms in total. The Bertz CT molecular complexity index is 693. The van der Waals surface area contributed by atoms with Crippen molar-refractivity contribution in [2.45, 2.75) is 6.61 Å². The Hall–Kier alpha value is -2.87. The summed E-state index contributed by atoms with van der Waals surface area (Å²) in [6.07, 6.45) is 0. The lowest BCUT2D eigenvalue weighted by molar-refractivity contribution is 0.0472. The van der Waals surface area contributed by atoms with E-state index in [4.69, 9.17) is 15.7 Å². The molecule has 0 unspecified atom stereocenters. The zero-order valence-corrected chi connectivity index (χ0v) is 10.5. The highest BCUT2D eigenvalue weighted by Gasteiger charge is 2.11. The van der Waals surface area contributed by atoms with Crippen LogP contribution in [-0.4, -0.2) is 5.97 Å². The second-order valence-corrected chi connectivity index (χ2v) is 4.08. The summed E-state index contributed by atoms with van der Waals surface area (Å²) >= 11 is 0. The lowest BCUT2D eigenvalue weighted by Gasteiger charge is -2.07. The summed E-state index contributed by atoms with van der Waals surface area (Å²) in [7, 11) is 0. The quantitative estimate of drug-likeness (QED) is 0.687. The van der Waals surface area contributed by atoms with Crippen molar-refractivity contribution in [2.75, 3.05) is 5.73 Å². The summed E-state index contributed by atoms with van der Waals surface area (Å²) in [6.45, 7) is -0.0279. The topological polar surface area (TPSA) is 76.1 Å². The summed E-state index contributed by atoms with van der Waals surface area (Å²) < 4.78 is 18.1. The van der Waals surface area contributed by atoms with E-state index < -0.39 is 11.8 Å². The number of benzene rings is 2. The molecule has 0 aliphatic heterocycles. The van der Waals surface area contributed by atoms with Gasteiger partial charge in [0, 0.05) is 5.56 Å². The number of nitriles is 1. The first-order valence-corrected chi connectivity index (χ1v) is 5.82. The van der Waals surface area contributed by atoms with Gasteiger partial charge in [-0.05, 0) is 24.3 Å². The van der Waals surface area contributed by atoms with Crippen LogP contribution in [0.4, 0.5) is 10.1 Å². The number of anilines is 1. The number of hydrogen-bond donors (Lipinski definition) is 1. The predicted octanol–water partition coefficient (Wildman–Crippen LogP) is 2.64. The number of esters is 1. The maximum atomic E-state index is 13.0. The Morgan fingerprint density at radius 1 is 1.30 bits per heavy atom. The largest absolute Gasteiger partial charge is 0.457 e. The molecule has 0 aromatic heterocycles. The van der Waals surface area contributed by atoms with Crippen LogP contribution in [0.15, 0.2) is 42.5 Å². The molecule has 0 radical (unpaired) electrons. The maximum Gasteiger partial charge on any atom is 0.338 e. The minimum absolute atomic E-state index is 0.0279. The van der Waals surface area contributed by atoms with Crippen LogP contribution >= 0.6 is 0 Å². The van der Waals surface area contributed by atoms with Crippen LogP contribution in [-0.2, 0) is 11.3 Å². The highest BCUT2D eigenvalue weighted by molar-refractivity contribution is 5.90. The summed E-state index contributed by atoms with van der Waals surface area (Å²) in [5.74, 6) is -1.21. The standard InChI is InChI=1S/C15H11FN2O2/c16-13-6-5-10(7-14(13)18)15(19)20-9-12-4-2-1-3-11(12)8-17/h1-7H,9,18H2. The highest BCUT2D eigenvalue weighted by atomic mass is 19.1. The number of carbonyl (C=O) groups excluding carboxylic acids is 1. The van der Waals surface area contributed by atoms with Crippen molar-refractivity contribution in [3.05, 3.63) is 65.0 Å². The number of nitrogens with zero attached hydrogens (tertiary/aromatic N) is 1. The smallest absolute Gasteiger partial charge is 0.338 e. The average molecular weight is 270 g/mol. The van der Waals surface area contributed by atoms with Gasteiger partial charge in [0.25, 0.3) is 0 Å². The molecule has 2 rings (SSSR count). The Morgan fingerprint density at radius 2 is 2.05 bits per heavy atom. The molecule has 0 saturated carbocycles. The monoisotopic (exact) mass is 270 g/mol. The van der Waals surface area contributed by atoms with Gasteiger partial charge in [-0.3, -0.25) is 0 Å². The molecule has 100 valence electrons. The number of ether oxygens (including phenoxy) is 1. The van der Waals surface area contributed by atoms with E-state index in [1.807, 2.05) is 6.07 Å². The molecule has 0 heterocycles. The zero-order chi connectivity index (χ0) is 14.5. The lowest BCUT2D eigenvalue weighted by Crippen LogP contribution is -2.07. The summed E-state index contributed by atoms with van der Waals surface area (Å²) in [6, 6.07) is 12.4. The Balaban J connectivity index is 2.09. The van der Waals surface area contributed by atoms with Gasteiger partial charge in [-0.1, -0.05) is 18.2 Å². The molecule has 0 aliphatic carbocycles.